The fraction of sp³-hybridized carbons (Fsp3) is 0.462. The molecule has 0 unspecified atom stereocenters. The lowest BCUT2D eigenvalue weighted by molar-refractivity contribution is -0.107. The number of fused-ring (bicyclic) bond motifs is 1. The summed E-state index contributed by atoms with van der Waals surface area (Å²) in [6, 6.07) is 6.93. The van der Waals surface area contributed by atoms with Gasteiger partial charge in [-0.25, -0.2) is 0 Å². The number of nitrogens with zero attached hydrogens (tertiary/aromatic N) is 1. The first-order valence-corrected chi connectivity index (χ1v) is 5.54. The molecular formula is C13H17NO. The van der Waals surface area contributed by atoms with Gasteiger partial charge in [-0.05, 0) is 37.5 Å². The topological polar surface area (TPSA) is 20.3 Å². The first-order chi connectivity index (χ1) is 7.22. The van der Waals surface area contributed by atoms with Gasteiger partial charge in [-0.2, -0.15) is 0 Å². The van der Waals surface area contributed by atoms with Crippen LogP contribution in [0, 0.1) is 0 Å². The van der Waals surface area contributed by atoms with Crippen LogP contribution in [0.25, 0.3) is 0 Å². The summed E-state index contributed by atoms with van der Waals surface area (Å²) in [5.41, 5.74) is 3.86. The fourth-order valence-corrected chi connectivity index (χ4v) is 2.21. The second-order valence-electron chi connectivity index (χ2n) is 4.37. The molecule has 80 valence electrons. The van der Waals surface area contributed by atoms with Gasteiger partial charge in [0.05, 0.1) is 0 Å². The third kappa shape index (κ3) is 1.89. The number of rotatable bonds is 3. The maximum Gasteiger partial charge on any atom is 0.124 e. The summed E-state index contributed by atoms with van der Waals surface area (Å²) < 4.78 is 0. The maximum atomic E-state index is 10.5. The third-order valence-electron chi connectivity index (χ3n) is 3.02. The van der Waals surface area contributed by atoms with E-state index in [2.05, 4.69) is 36.9 Å². The summed E-state index contributed by atoms with van der Waals surface area (Å²) in [7, 11) is 0. The molecule has 2 rings (SSSR count). The minimum Gasteiger partial charge on any atom is -0.369 e. The Morgan fingerprint density at radius 2 is 2.27 bits per heavy atom. The van der Waals surface area contributed by atoms with Gasteiger partial charge < -0.3 is 9.69 Å². The Kier molecular flexibility index (Phi) is 2.76. The van der Waals surface area contributed by atoms with Crippen LogP contribution >= 0.6 is 0 Å². The SMILES string of the molecule is CC(C)N1CCc2ccc(CC=O)cc21. The standard InChI is InChI=1S/C13H17NO/c1-10(2)14-7-5-12-4-3-11(6-8-15)9-13(12)14/h3-4,8-10H,5-7H2,1-2H3. The summed E-state index contributed by atoms with van der Waals surface area (Å²) in [5.74, 6) is 0. The lowest BCUT2D eigenvalue weighted by Gasteiger charge is -2.24. The number of hydrogen-bond acceptors (Lipinski definition) is 2. The van der Waals surface area contributed by atoms with E-state index in [1.165, 1.54) is 11.3 Å². The van der Waals surface area contributed by atoms with Gasteiger partial charge in [-0.15, -0.1) is 0 Å². The number of anilines is 1. The summed E-state index contributed by atoms with van der Waals surface area (Å²) in [5, 5.41) is 0. The van der Waals surface area contributed by atoms with Crippen molar-refractivity contribution in [3.05, 3.63) is 29.3 Å². The molecule has 0 amide bonds. The molecule has 0 saturated heterocycles. The predicted molar refractivity (Wildman–Crippen MR) is 62.4 cm³/mol. The van der Waals surface area contributed by atoms with Crippen molar-refractivity contribution in [3.63, 3.8) is 0 Å². The molecule has 1 aromatic rings. The number of carbonyl (C=O) groups excluding carboxylic acids is 1. The van der Waals surface area contributed by atoms with Crippen LogP contribution < -0.4 is 4.90 Å². The lowest BCUT2D eigenvalue weighted by atomic mass is 10.1. The van der Waals surface area contributed by atoms with Crippen LogP contribution in [0.1, 0.15) is 25.0 Å². The van der Waals surface area contributed by atoms with E-state index in [-0.39, 0.29) is 0 Å². The van der Waals surface area contributed by atoms with Gasteiger partial charge >= 0.3 is 0 Å². The van der Waals surface area contributed by atoms with Crippen LogP contribution in [0.4, 0.5) is 5.69 Å². The van der Waals surface area contributed by atoms with Gasteiger partial charge in [0, 0.05) is 24.7 Å². The molecule has 0 bridgehead atoms. The minimum absolute atomic E-state index is 0.527. The number of hydrogen-bond donors (Lipinski definition) is 0. The quantitative estimate of drug-likeness (QED) is 0.702. The summed E-state index contributed by atoms with van der Waals surface area (Å²) in [6.45, 7) is 5.53. The van der Waals surface area contributed by atoms with Crippen molar-refractivity contribution >= 4 is 12.0 Å². The number of benzene rings is 1. The fourth-order valence-electron chi connectivity index (χ4n) is 2.21. The van der Waals surface area contributed by atoms with Crippen molar-refractivity contribution in [3.8, 4) is 0 Å². The van der Waals surface area contributed by atoms with E-state index >= 15 is 0 Å². The largest absolute Gasteiger partial charge is 0.369 e. The Morgan fingerprint density at radius 1 is 1.47 bits per heavy atom. The second-order valence-corrected chi connectivity index (χ2v) is 4.37. The van der Waals surface area contributed by atoms with E-state index in [1.54, 1.807) is 0 Å². The maximum absolute atomic E-state index is 10.5. The zero-order valence-electron chi connectivity index (χ0n) is 9.36. The molecule has 1 aliphatic heterocycles. The van der Waals surface area contributed by atoms with Crippen LogP contribution in [-0.4, -0.2) is 18.9 Å². The summed E-state index contributed by atoms with van der Waals surface area (Å²) in [6.07, 6.45) is 2.63. The number of aldehydes is 1. The normalized spacial score (nSPS) is 14.5. The zero-order valence-corrected chi connectivity index (χ0v) is 9.36. The van der Waals surface area contributed by atoms with Gasteiger partial charge in [0.1, 0.15) is 6.29 Å². The lowest BCUT2D eigenvalue weighted by Crippen LogP contribution is -2.28. The Hall–Kier alpha value is -1.31. The molecule has 0 fully saturated rings. The van der Waals surface area contributed by atoms with E-state index in [1.807, 2.05) is 0 Å². The Morgan fingerprint density at radius 3 is 2.93 bits per heavy atom. The highest BCUT2D eigenvalue weighted by Gasteiger charge is 2.20. The van der Waals surface area contributed by atoms with E-state index in [0.29, 0.717) is 12.5 Å². The molecule has 2 nitrogen and oxygen atoms in total. The molecule has 0 radical (unpaired) electrons. The van der Waals surface area contributed by atoms with E-state index < -0.39 is 0 Å². The van der Waals surface area contributed by atoms with E-state index in [4.69, 9.17) is 0 Å². The molecule has 0 saturated carbocycles. The Labute approximate surface area is 90.9 Å². The molecule has 2 heteroatoms. The van der Waals surface area contributed by atoms with Crippen molar-refractivity contribution in [1.82, 2.24) is 0 Å². The van der Waals surface area contributed by atoms with Crippen molar-refractivity contribution in [1.29, 1.82) is 0 Å². The van der Waals surface area contributed by atoms with Gasteiger partial charge in [-0.3, -0.25) is 0 Å². The van der Waals surface area contributed by atoms with Gasteiger partial charge in [0.15, 0.2) is 0 Å². The average Bonchev–Trinajstić information content (AvgIpc) is 2.61. The highest BCUT2D eigenvalue weighted by atomic mass is 16.1. The number of carbonyl (C=O) groups is 1. The van der Waals surface area contributed by atoms with E-state index in [0.717, 1.165) is 24.8 Å². The van der Waals surface area contributed by atoms with Crippen LogP contribution in [-0.2, 0) is 17.6 Å². The van der Waals surface area contributed by atoms with Gasteiger partial charge in [-0.1, -0.05) is 12.1 Å². The first kappa shape index (κ1) is 10.2. The average molecular weight is 203 g/mol. The third-order valence-corrected chi connectivity index (χ3v) is 3.02. The molecule has 0 spiro atoms. The monoisotopic (exact) mass is 203 g/mol. The van der Waals surface area contributed by atoms with Gasteiger partial charge in [0.25, 0.3) is 0 Å². The molecule has 0 aromatic heterocycles. The Bertz CT molecular complexity index is 371. The summed E-state index contributed by atoms with van der Waals surface area (Å²) in [4.78, 5) is 12.9. The second kappa shape index (κ2) is 4.05. The Balaban J connectivity index is 2.33. The highest BCUT2D eigenvalue weighted by Crippen LogP contribution is 2.30. The minimum atomic E-state index is 0.527. The smallest absolute Gasteiger partial charge is 0.124 e. The van der Waals surface area contributed by atoms with Crippen LogP contribution in [0.2, 0.25) is 0 Å². The van der Waals surface area contributed by atoms with Crippen molar-refractivity contribution < 1.29 is 4.79 Å². The predicted octanol–water partition coefficient (Wildman–Crippen LogP) is 2.20. The van der Waals surface area contributed by atoms with Crippen molar-refractivity contribution in [2.75, 3.05) is 11.4 Å². The first-order valence-electron chi connectivity index (χ1n) is 5.54. The van der Waals surface area contributed by atoms with Gasteiger partial charge in [0.2, 0.25) is 0 Å². The molecule has 1 aliphatic rings. The van der Waals surface area contributed by atoms with E-state index in [9.17, 15) is 4.79 Å². The molecular weight excluding hydrogens is 186 g/mol. The van der Waals surface area contributed by atoms with Crippen LogP contribution in [0.3, 0.4) is 0 Å². The molecule has 0 atom stereocenters. The summed E-state index contributed by atoms with van der Waals surface area (Å²) >= 11 is 0. The van der Waals surface area contributed by atoms with Crippen LogP contribution in [0.15, 0.2) is 18.2 Å². The van der Waals surface area contributed by atoms with Crippen molar-refractivity contribution in [2.24, 2.45) is 0 Å². The molecule has 0 N–H and O–H groups in total. The van der Waals surface area contributed by atoms with Crippen LogP contribution in [0.5, 0.6) is 0 Å². The van der Waals surface area contributed by atoms with Crippen molar-refractivity contribution in [2.45, 2.75) is 32.7 Å². The molecule has 15 heavy (non-hydrogen) atoms. The zero-order chi connectivity index (χ0) is 10.8. The molecule has 0 aliphatic carbocycles. The highest BCUT2D eigenvalue weighted by molar-refractivity contribution is 5.63. The molecule has 1 heterocycles. The molecule has 1 aromatic carbocycles.